The smallest absolute Gasteiger partial charge is 0.256 e. The predicted octanol–water partition coefficient (Wildman–Crippen LogP) is 2.91. The second-order valence-corrected chi connectivity index (χ2v) is 5.14. The van der Waals surface area contributed by atoms with Crippen LogP contribution < -0.4 is 11.1 Å². The van der Waals surface area contributed by atoms with Gasteiger partial charge < -0.3 is 16.2 Å². The van der Waals surface area contributed by atoms with Crippen LogP contribution >= 0.6 is 15.9 Å². The molecule has 0 aliphatic rings. The monoisotopic (exact) mass is 334 g/mol. The summed E-state index contributed by atoms with van der Waals surface area (Å²) >= 11 is 3.21. The van der Waals surface area contributed by atoms with Crippen LogP contribution in [0.5, 0.6) is 5.75 Å². The van der Waals surface area contributed by atoms with Crippen molar-refractivity contribution in [1.29, 1.82) is 0 Å². The molecule has 0 saturated heterocycles. The maximum absolute atomic E-state index is 12.3. The minimum absolute atomic E-state index is 0.0113. The highest BCUT2D eigenvalue weighted by Crippen LogP contribution is 2.31. The SMILES string of the molecule is NCCc1ccccc1C(=O)Nc1cccc(Br)c1O. The number of phenols is 1. The topological polar surface area (TPSA) is 75.4 Å². The number of benzene rings is 2. The van der Waals surface area contributed by atoms with Crippen LogP contribution in [0, 0.1) is 0 Å². The quantitative estimate of drug-likeness (QED) is 0.752. The number of halogens is 1. The molecule has 0 atom stereocenters. The van der Waals surface area contributed by atoms with Gasteiger partial charge in [-0.2, -0.15) is 0 Å². The lowest BCUT2D eigenvalue weighted by atomic mass is 10.0. The molecule has 2 aromatic carbocycles. The molecule has 0 saturated carbocycles. The van der Waals surface area contributed by atoms with Gasteiger partial charge in [0.25, 0.3) is 5.91 Å². The van der Waals surface area contributed by atoms with E-state index in [1.165, 1.54) is 0 Å². The van der Waals surface area contributed by atoms with Crippen molar-refractivity contribution in [2.45, 2.75) is 6.42 Å². The molecule has 0 unspecified atom stereocenters. The molecule has 5 heteroatoms. The lowest BCUT2D eigenvalue weighted by Crippen LogP contribution is -2.16. The lowest BCUT2D eigenvalue weighted by Gasteiger charge is -2.11. The van der Waals surface area contributed by atoms with Gasteiger partial charge in [-0.25, -0.2) is 0 Å². The van der Waals surface area contributed by atoms with E-state index >= 15 is 0 Å². The molecular formula is C15H15BrN2O2. The number of hydrogen-bond donors (Lipinski definition) is 3. The highest BCUT2D eigenvalue weighted by Gasteiger charge is 2.13. The van der Waals surface area contributed by atoms with Crippen LogP contribution in [0.25, 0.3) is 0 Å². The third-order valence-corrected chi connectivity index (χ3v) is 3.55. The second kappa shape index (κ2) is 6.54. The van der Waals surface area contributed by atoms with Gasteiger partial charge in [-0.1, -0.05) is 24.3 Å². The molecule has 0 spiro atoms. The van der Waals surface area contributed by atoms with E-state index in [1.54, 1.807) is 30.3 Å². The molecule has 104 valence electrons. The van der Waals surface area contributed by atoms with Crippen LogP contribution in [0.3, 0.4) is 0 Å². The normalized spacial score (nSPS) is 10.3. The maximum atomic E-state index is 12.3. The highest BCUT2D eigenvalue weighted by atomic mass is 79.9. The zero-order valence-corrected chi connectivity index (χ0v) is 12.4. The first-order valence-electron chi connectivity index (χ1n) is 6.20. The summed E-state index contributed by atoms with van der Waals surface area (Å²) in [5.74, 6) is -0.250. The van der Waals surface area contributed by atoms with Crippen LogP contribution in [-0.4, -0.2) is 17.6 Å². The van der Waals surface area contributed by atoms with E-state index in [0.717, 1.165) is 5.56 Å². The number of amides is 1. The molecule has 0 aliphatic carbocycles. The fraction of sp³-hybridized carbons (Fsp3) is 0.133. The standard InChI is InChI=1S/C15H15BrN2O2/c16-12-6-3-7-13(14(12)19)18-15(20)11-5-2-1-4-10(11)8-9-17/h1-7,19H,8-9,17H2,(H,18,20). The summed E-state index contributed by atoms with van der Waals surface area (Å²) in [5, 5.41) is 12.6. The van der Waals surface area contributed by atoms with E-state index in [2.05, 4.69) is 21.2 Å². The summed E-state index contributed by atoms with van der Waals surface area (Å²) < 4.78 is 0.533. The Kier molecular flexibility index (Phi) is 4.76. The van der Waals surface area contributed by atoms with Crippen molar-refractivity contribution in [2.24, 2.45) is 5.73 Å². The van der Waals surface area contributed by atoms with E-state index in [-0.39, 0.29) is 11.7 Å². The van der Waals surface area contributed by atoms with Gasteiger partial charge in [0.2, 0.25) is 0 Å². The molecule has 20 heavy (non-hydrogen) atoms. The molecule has 2 aromatic rings. The Bertz CT molecular complexity index is 629. The number of hydrogen-bond acceptors (Lipinski definition) is 3. The Labute approximate surface area is 125 Å². The Morgan fingerprint density at radius 3 is 2.70 bits per heavy atom. The van der Waals surface area contributed by atoms with E-state index in [1.807, 2.05) is 12.1 Å². The van der Waals surface area contributed by atoms with Crippen molar-refractivity contribution in [3.05, 3.63) is 58.1 Å². The minimum Gasteiger partial charge on any atom is -0.505 e. The highest BCUT2D eigenvalue weighted by molar-refractivity contribution is 9.10. The van der Waals surface area contributed by atoms with Crippen LogP contribution in [0.1, 0.15) is 15.9 Å². The number of anilines is 1. The summed E-state index contributed by atoms with van der Waals surface area (Å²) in [7, 11) is 0. The van der Waals surface area contributed by atoms with E-state index in [0.29, 0.717) is 28.7 Å². The van der Waals surface area contributed by atoms with Gasteiger partial charge in [0.05, 0.1) is 10.2 Å². The molecule has 0 heterocycles. The fourth-order valence-electron chi connectivity index (χ4n) is 1.92. The molecule has 0 fully saturated rings. The van der Waals surface area contributed by atoms with Gasteiger partial charge >= 0.3 is 0 Å². The summed E-state index contributed by atoms with van der Waals surface area (Å²) in [6.45, 7) is 0.479. The van der Waals surface area contributed by atoms with Crippen molar-refractivity contribution < 1.29 is 9.90 Å². The van der Waals surface area contributed by atoms with Crippen molar-refractivity contribution in [1.82, 2.24) is 0 Å². The average molecular weight is 335 g/mol. The zero-order chi connectivity index (χ0) is 14.5. The van der Waals surface area contributed by atoms with E-state index in [9.17, 15) is 9.90 Å². The Balaban J connectivity index is 2.26. The number of rotatable bonds is 4. The van der Waals surface area contributed by atoms with Gasteiger partial charge in [0.1, 0.15) is 0 Å². The van der Waals surface area contributed by atoms with Crippen LogP contribution in [0.4, 0.5) is 5.69 Å². The molecule has 0 aromatic heterocycles. The van der Waals surface area contributed by atoms with Crippen molar-refractivity contribution in [3.63, 3.8) is 0 Å². The van der Waals surface area contributed by atoms with Crippen molar-refractivity contribution >= 4 is 27.5 Å². The van der Waals surface area contributed by atoms with Gasteiger partial charge in [-0.3, -0.25) is 4.79 Å². The summed E-state index contributed by atoms with van der Waals surface area (Å²) in [6.07, 6.45) is 0.633. The summed E-state index contributed by atoms with van der Waals surface area (Å²) in [5.41, 5.74) is 7.37. The predicted molar refractivity (Wildman–Crippen MR) is 83.0 cm³/mol. The zero-order valence-electron chi connectivity index (χ0n) is 10.8. The number of carbonyl (C=O) groups is 1. The van der Waals surface area contributed by atoms with Crippen LogP contribution in [0.15, 0.2) is 46.9 Å². The van der Waals surface area contributed by atoms with Gasteiger partial charge in [0, 0.05) is 5.56 Å². The van der Waals surface area contributed by atoms with Crippen LogP contribution in [0.2, 0.25) is 0 Å². The fourth-order valence-corrected chi connectivity index (χ4v) is 2.29. The second-order valence-electron chi connectivity index (χ2n) is 4.29. The van der Waals surface area contributed by atoms with Crippen molar-refractivity contribution in [2.75, 3.05) is 11.9 Å². The summed E-state index contributed by atoms with van der Waals surface area (Å²) in [6, 6.07) is 12.4. The number of nitrogens with one attached hydrogen (secondary N) is 1. The third-order valence-electron chi connectivity index (χ3n) is 2.91. The molecule has 1 amide bonds. The summed E-state index contributed by atoms with van der Waals surface area (Å²) in [4.78, 5) is 12.3. The first kappa shape index (κ1) is 14.6. The molecule has 4 N–H and O–H groups in total. The number of phenolic OH excluding ortho intramolecular Hbond substituents is 1. The van der Waals surface area contributed by atoms with E-state index < -0.39 is 0 Å². The lowest BCUT2D eigenvalue weighted by molar-refractivity contribution is 0.102. The van der Waals surface area contributed by atoms with Gasteiger partial charge in [0.15, 0.2) is 5.75 Å². The molecule has 0 bridgehead atoms. The Morgan fingerprint density at radius 2 is 1.95 bits per heavy atom. The largest absolute Gasteiger partial charge is 0.505 e. The molecule has 0 radical (unpaired) electrons. The first-order valence-corrected chi connectivity index (χ1v) is 6.99. The molecular weight excluding hydrogens is 320 g/mol. The first-order chi connectivity index (χ1) is 9.63. The number of para-hydroxylation sites is 1. The number of carbonyl (C=O) groups excluding carboxylic acids is 1. The third kappa shape index (κ3) is 3.18. The molecule has 0 aliphatic heterocycles. The van der Waals surface area contributed by atoms with Gasteiger partial charge in [-0.15, -0.1) is 0 Å². The molecule has 4 nitrogen and oxygen atoms in total. The average Bonchev–Trinajstić information content (AvgIpc) is 2.45. The Morgan fingerprint density at radius 1 is 1.20 bits per heavy atom. The maximum Gasteiger partial charge on any atom is 0.256 e. The van der Waals surface area contributed by atoms with Crippen LogP contribution in [-0.2, 0) is 6.42 Å². The van der Waals surface area contributed by atoms with E-state index in [4.69, 9.17) is 5.73 Å². The van der Waals surface area contributed by atoms with Crippen molar-refractivity contribution in [3.8, 4) is 5.75 Å². The molecule has 2 rings (SSSR count). The minimum atomic E-state index is -0.262. The Hall–Kier alpha value is -1.85. The number of aromatic hydroxyl groups is 1. The van der Waals surface area contributed by atoms with Gasteiger partial charge in [-0.05, 0) is 52.7 Å². The number of nitrogens with two attached hydrogens (primary N) is 1.